The molecule has 0 fully saturated rings. The predicted molar refractivity (Wildman–Crippen MR) is 126 cm³/mol. The van der Waals surface area contributed by atoms with Crippen molar-refractivity contribution >= 4 is 33.1 Å². The largest absolute Gasteiger partial charge is 0.368 e. The number of hydrogen-bond acceptors (Lipinski definition) is 7. The smallest absolute Gasteiger partial charge is 0.223 e. The first-order chi connectivity index (χ1) is 16.6. The number of anilines is 1. The van der Waals surface area contributed by atoms with Crippen molar-refractivity contribution in [1.82, 2.24) is 29.5 Å². The molecule has 166 valence electrons. The number of aromatic nitrogens is 6. The van der Waals surface area contributed by atoms with Gasteiger partial charge < -0.3 is 5.73 Å². The van der Waals surface area contributed by atoms with E-state index in [4.69, 9.17) is 10.7 Å². The van der Waals surface area contributed by atoms with Gasteiger partial charge in [0.15, 0.2) is 11.5 Å². The van der Waals surface area contributed by atoms with Crippen LogP contribution in [0.1, 0.15) is 11.5 Å². The Balaban J connectivity index is 1.60. The molecule has 0 saturated carbocycles. The minimum absolute atomic E-state index is 0.0903. The molecule has 0 bridgehead atoms. The van der Waals surface area contributed by atoms with Gasteiger partial charge in [-0.2, -0.15) is 4.52 Å². The molecule has 2 N–H and O–H groups in total. The molecule has 0 aliphatic rings. The molecule has 7 nitrogen and oxygen atoms in total. The van der Waals surface area contributed by atoms with E-state index in [1.54, 1.807) is 17.6 Å². The summed E-state index contributed by atoms with van der Waals surface area (Å²) < 4.78 is 30.3. The highest BCUT2D eigenvalue weighted by Gasteiger charge is 2.21. The van der Waals surface area contributed by atoms with Crippen molar-refractivity contribution in [3.05, 3.63) is 89.5 Å². The molecule has 0 amide bonds. The summed E-state index contributed by atoms with van der Waals surface area (Å²) in [5, 5.41) is 4.48. The topological polar surface area (TPSA) is 94.9 Å². The van der Waals surface area contributed by atoms with Crippen molar-refractivity contribution in [3.8, 4) is 22.4 Å². The van der Waals surface area contributed by atoms with E-state index < -0.39 is 5.82 Å². The van der Waals surface area contributed by atoms with Crippen molar-refractivity contribution in [2.75, 3.05) is 5.73 Å². The molecular formula is C24H15F2N7S. The fourth-order valence-corrected chi connectivity index (χ4v) is 4.58. The standard InChI is InChI=1S/C24H15F2N7S/c25-15-6-3-13(4-7-15)22-21(14-5-8-17-19(10-14)34-12-29-17)23-30-20(32-33(23)24(27)31-22)11-18-16(26)2-1-9-28-18/h1-10,12H,11H2,(H2,27,31). The second-order valence-corrected chi connectivity index (χ2v) is 8.49. The number of nitrogens with two attached hydrogens (primary N) is 1. The van der Waals surface area contributed by atoms with E-state index in [-0.39, 0.29) is 23.9 Å². The normalized spacial score (nSPS) is 11.5. The van der Waals surface area contributed by atoms with Crippen molar-refractivity contribution in [1.29, 1.82) is 0 Å². The van der Waals surface area contributed by atoms with Gasteiger partial charge in [0.2, 0.25) is 5.95 Å². The minimum atomic E-state index is -0.435. The monoisotopic (exact) mass is 471 g/mol. The van der Waals surface area contributed by atoms with E-state index in [1.807, 2.05) is 18.2 Å². The summed E-state index contributed by atoms with van der Waals surface area (Å²) in [5.74, 6) is -0.331. The lowest BCUT2D eigenvalue weighted by molar-refractivity contribution is 0.601. The van der Waals surface area contributed by atoms with Gasteiger partial charge in [0.05, 0.1) is 39.1 Å². The second-order valence-electron chi connectivity index (χ2n) is 7.61. The van der Waals surface area contributed by atoms with Crippen LogP contribution in [0.25, 0.3) is 38.2 Å². The summed E-state index contributed by atoms with van der Waals surface area (Å²) in [4.78, 5) is 17.7. The van der Waals surface area contributed by atoms with Crippen LogP contribution < -0.4 is 5.73 Å². The first-order valence-corrected chi connectivity index (χ1v) is 11.2. The van der Waals surface area contributed by atoms with Gasteiger partial charge in [-0.3, -0.25) is 4.98 Å². The van der Waals surface area contributed by atoms with Gasteiger partial charge in [-0.15, -0.1) is 16.4 Å². The Morgan fingerprint density at radius 3 is 2.59 bits per heavy atom. The number of thiazole rings is 1. The van der Waals surface area contributed by atoms with Gasteiger partial charge in [0, 0.05) is 11.8 Å². The van der Waals surface area contributed by atoms with E-state index >= 15 is 0 Å². The van der Waals surface area contributed by atoms with Crippen LogP contribution >= 0.6 is 11.3 Å². The van der Waals surface area contributed by atoms with Crippen LogP contribution in [-0.2, 0) is 6.42 Å². The predicted octanol–water partition coefficient (Wildman–Crippen LogP) is 4.91. The Bertz CT molecular complexity index is 1680. The number of pyridine rings is 1. The Morgan fingerprint density at radius 2 is 1.76 bits per heavy atom. The Kier molecular flexibility index (Phi) is 4.73. The highest BCUT2D eigenvalue weighted by Crippen LogP contribution is 2.36. The zero-order valence-electron chi connectivity index (χ0n) is 17.5. The Labute approximate surface area is 195 Å². The molecule has 0 unspecified atom stereocenters. The highest BCUT2D eigenvalue weighted by atomic mass is 32.1. The third-order valence-corrected chi connectivity index (χ3v) is 6.24. The molecule has 4 heterocycles. The number of nitrogen functional groups attached to an aromatic ring is 1. The van der Waals surface area contributed by atoms with Gasteiger partial charge >= 0.3 is 0 Å². The quantitative estimate of drug-likeness (QED) is 0.392. The Morgan fingerprint density at radius 1 is 0.941 bits per heavy atom. The molecule has 0 saturated heterocycles. The van der Waals surface area contributed by atoms with E-state index in [9.17, 15) is 8.78 Å². The van der Waals surface area contributed by atoms with Crippen LogP contribution in [0, 0.1) is 11.6 Å². The van der Waals surface area contributed by atoms with Crippen LogP contribution in [0.15, 0.2) is 66.3 Å². The van der Waals surface area contributed by atoms with Gasteiger partial charge in [-0.05, 0) is 54.1 Å². The lowest BCUT2D eigenvalue weighted by Gasteiger charge is -2.12. The fraction of sp³-hybridized carbons (Fsp3) is 0.0417. The Hall–Kier alpha value is -4.31. The van der Waals surface area contributed by atoms with Gasteiger partial charge in [-0.25, -0.2) is 23.7 Å². The van der Waals surface area contributed by atoms with E-state index in [0.29, 0.717) is 28.3 Å². The van der Waals surface area contributed by atoms with Gasteiger partial charge in [0.1, 0.15) is 11.6 Å². The maximum atomic E-state index is 14.2. The average molecular weight is 471 g/mol. The lowest BCUT2D eigenvalue weighted by Crippen LogP contribution is -2.06. The molecule has 2 aromatic carbocycles. The molecule has 0 spiro atoms. The molecule has 0 aliphatic heterocycles. The van der Waals surface area contributed by atoms with Crippen molar-refractivity contribution in [2.24, 2.45) is 0 Å². The maximum Gasteiger partial charge on any atom is 0.223 e. The van der Waals surface area contributed by atoms with Crippen molar-refractivity contribution in [3.63, 3.8) is 0 Å². The summed E-state index contributed by atoms with van der Waals surface area (Å²) in [6, 6.07) is 14.7. The lowest BCUT2D eigenvalue weighted by atomic mass is 10.00. The summed E-state index contributed by atoms with van der Waals surface area (Å²) in [5.41, 5.74) is 12.3. The first-order valence-electron chi connectivity index (χ1n) is 10.3. The van der Waals surface area contributed by atoms with E-state index in [0.717, 1.165) is 15.8 Å². The number of fused-ring (bicyclic) bond motifs is 2. The number of nitrogens with zero attached hydrogens (tertiary/aromatic N) is 6. The minimum Gasteiger partial charge on any atom is -0.368 e. The molecule has 0 atom stereocenters. The number of hydrogen-bond donors (Lipinski definition) is 1. The first kappa shape index (κ1) is 20.3. The summed E-state index contributed by atoms with van der Waals surface area (Å²) >= 11 is 1.52. The zero-order chi connectivity index (χ0) is 23.2. The fourth-order valence-electron chi connectivity index (χ4n) is 3.87. The van der Waals surface area contributed by atoms with Crippen LogP contribution in [-0.4, -0.2) is 29.5 Å². The molecular weight excluding hydrogens is 456 g/mol. The van der Waals surface area contributed by atoms with Crippen LogP contribution in [0.3, 0.4) is 0 Å². The number of benzene rings is 2. The molecule has 10 heteroatoms. The van der Waals surface area contributed by atoms with Crippen LogP contribution in [0.5, 0.6) is 0 Å². The average Bonchev–Trinajstić information content (AvgIpc) is 3.48. The molecule has 4 aromatic heterocycles. The highest BCUT2D eigenvalue weighted by molar-refractivity contribution is 7.16. The SMILES string of the molecule is Nc1nc(-c2ccc(F)cc2)c(-c2ccc3ncsc3c2)c2nc(Cc3ncccc3F)nn12. The summed E-state index contributed by atoms with van der Waals surface area (Å²) in [6.07, 6.45) is 1.61. The van der Waals surface area contributed by atoms with Crippen molar-refractivity contribution in [2.45, 2.75) is 6.42 Å². The number of halogens is 2. The van der Waals surface area contributed by atoms with Crippen LogP contribution in [0.4, 0.5) is 14.7 Å². The maximum absolute atomic E-state index is 14.2. The molecule has 0 radical (unpaired) electrons. The third kappa shape index (κ3) is 3.44. The molecule has 6 rings (SSSR count). The molecule has 6 aromatic rings. The van der Waals surface area contributed by atoms with Gasteiger partial charge in [-0.1, -0.05) is 6.07 Å². The van der Waals surface area contributed by atoms with E-state index in [1.165, 1.54) is 46.3 Å². The molecule has 0 aliphatic carbocycles. The zero-order valence-corrected chi connectivity index (χ0v) is 18.3. The summed E-state index contributed by atoms with van der Waals surface area (Å²) in [7, 11) is 0. The van der Waals surface area contributed by atoms with Crippen molar-refractivity contribution < 1.29 is 8.78 Å². The van der Waals surface area contributed by atoms with E-state index in [2.05, 4.69) is 20.1 Å². The third-order valence-electron chi connectivity index (χ3n) is 5.45. The summed E-state index contributed by atoms with van der Waals surface area (Å²) in [6.45, 7) is 0. The number of rotatable bonds is 4. The van der Waals surface area contributed by atoms with Gasteiger partial charge in [0.25, 0.3) is 0 Å². The second kappa shape index (κ2) is 7.92. The molecule has 34 heavy (non-hydrogen) atoms. The van der Waals surface area contributed by atoms with Crippen LogP contribution in [0.2, 0.25) is 0 Å².